The van der Waals surface area contributed by atoms with Gasteiger partial charge in [0.1, 0.15) is 0 Å². The van der Waals surface area contributed by atoms with Crippen molar-refractivity contribution in [2.24, 2.45) is 0 Å². The first-order valence-electron chi connectivity index (χ1n) is 8.70. The van der Waals surface area contributed by atoms with Crippen molar-refractivity contribution in [3.8, 4) is 0 Å². The molecule has 0 saturated heterocycles. The molecule has 5 heteroatoms. The van der Waals surface area contributed by atoms with Gasteiger partial charge in [-0.3, -0.25) is 19.3 Å². The number of rotatable bonds is 6. The normalized spacial score (nSPS) is 14.7. The molecule has 130 valence electrons. The lowest BCUT2D eigenvalue weighted by Gasteiger charge is -2.27. The Morgan fingerprint density at radius 3 is 2.24 bits per heavy atom. The van der Waals surface area contributed by atoms with Crippen LogP contribution in [-0.2, 0) is 4.79 Å². The maximum absolute atomic E-state index is 12.7. The molecule has 1 aliphatic rings. The Labute approximate surface area is 147 Å². The lowest BCUT2D eigenvalue weighted by Crippen LogP contribution is -2.41. The summed E-state index contributed by atoms with van der Waals surface area (Å²) < 4.78 is 0. The number of benzene rings is 2. The largest absolute Gasteiger partial charge is 0.354 e. The molecule has 1 heterocycles. The van der Waals surface area contributed by atoms with E-state index in [9.17, 15) is 14.4 Å². The molecule has 0 radical (unpaired) electrons. The molecule has 2 aromatic carbocycles. The molecule has 0 spiro atoms. The molecule has 3 amide bonds. The van der Waals surface area contributed by atoms with Gasteiger partial charge in [0.05, 0.1) is 0 Å². The van der Waals surface area contributed by atoms with Crippen molar-refractivity contribution in [2.75, 3.05) is 6.54 Å². The van der Waals surface area contributed by atoms with Crippen LogP contribution in [0.4, 0.5) is 0 Å². The van der Waals surface area contributed by atoms with Crippen LogP contribution in [-0.4, -0.2) is 35.2 Å². The summed E-state index contributed by atoms with van der Waals surface area (Å²) in [5.74, 6) is -0.609. The summed E-state index contributed by atoms with van der Waals surface area (Å²) in [7, 11) is 0. The molecule has 0 bridgehead atoms. The number of carbonyl (C=O) groups excluding carboxylic acids is 3. The highest BCUT2D eigenvalue weighted by molar-refractivity contribution is 6.25. The fourth-order valence-corrected chi connectivity index (χ4v) is 3.13. The van der Waals surface area contributed by atoms with Gasteiger partial charge in [-0.2, -0.15) is 0 Å². The Balaban J connectivity index is 1.73. The predicted molar refractivity (Wildman–Crippen MR) is 96.4 cm³/mol. The van der Waals surface area contributed by atoms with Crippen molar-refractivity contribution in [3.63, 3.8) is 0 Å². The molecule has 1 N–H and O–H groups in total. The van der Waals surface area contributed by atoms with E-state index in [4.69, 9.17) is 0 Å². The average Bonchev–Trinajstić information content (AvgIpc) is 2.62. The second kappa shape index (κ2) is 7.05. The van der Waals surface area contributed by atoms with Gasteiger partial charge in [0.15, 0.2) is 0 Å². The Hall–Kier alpha value is -2.69. The molecule has 0 saturated carbocycles. The lowest BCUT2D eigenvalue weighted by molar-refractivity contribution is -0.121. The Morgan fingerprint density at radius 1 is 1.08 bits per heavy atom. The maximum atomic E-state index is 12.7. The zero-order valence-corrected chi connectivity index (χ0v) is 14.5. The molecule has 1 aliphatic heterocycles. The van der Waals surface area contributed by atoms with E-state index in [1.54, 1.807) is 12.1 Å². The second-order valence-corrected chi connectivity index (χ2v) is 6.45. The highest BCUT2D eigenvalue weighted by atomic mass is 16.2. The van der Waals surface area contributed by atoms with Crippen LogP contribution in [0, 0.1) is 0 Å². The molecule has 25 heavy (non-hydrogen) atoms. The minimum Gasteiger partial charge on any atom is -0.354 e. The molecule has 3 rings (SSSR count). The topological polar surface area (TPSA) is 66.5 Å². The summed E-state index contributed by atoms with van der Waals surface area (Å²) in [4.78, 5) is 38.6. The number of nitrogens with zero attached hydrogens (tertiary/aromatic N) is 1. The van der Waals surface area contributed by atoms with Gasteiger partial charge in [-0.1, -0.05) is 31.2 Å². The average molecular weight is 338 g/mol. The van der Waals surface area contributed by atoms with Crippen LogP contribution >= 0.6 is 0 Å². The van der Waals surface area contributed by atoms with Gasteiger partial charge >= 0.3 is 0 Å². The van der Waals surface area contributed by atoms with Gasteiger partial charge < -0.3 is 5.32 Å². The molecular weight excluding hydrogens is 316 g/mol. The molecule has 5 nitrogen and oxygen atoms in total. The van der Waals surface area contributed by atoms with E-state index in [1.807, 2.05) is 38.1 Å². The number of imide groups is 1. The van der Waals surface area contributed by atoms with Crippen LogP contribution in [0.15, 0.2) is 36.4 Å². The quantitative estimate of drug-likeness (QED) is 0.823. The SMILES string of the molecule is CCC(C)NC(=O)CCCN1C(=O)c2cccc3cccc(c23)C1=O. The van der Waals surface area contributed by atoms with Gasteiger partial charge in [0.2, 0.25) is 5.91 Å². The Bertz CT molecular complexity index is 793. The van der Waals surface area contributed by atoms with Crippen LogP contribution in [0.3, 0.4) is 0 Å². The van der Waals surface area contributed by atoms with E-state index in [2.05, 4.69) is 5.32 Å². The third kappa shape index (κ3) is 3.27. The van der Waals surface area contributed by atoms with Gasteiger partial charge in [0.25, 0.3) is 11.8 Å². The molecule has 2 aromatic rings. The molecule has 1 unspecified atom stereocenters. The zero-order valence-electron chi connectivity index (χ0n) is 14.5. The molecular formula is C20H22N2O3. The zero-order chi connectivity index (χ0) is 18.0. The molecule has 0 aromatic heterocycles. The van der Waals surface area contributed by atoms with Crippen LogP contribution in [0.5, 0.6) is 0 Å². The third-order valence-electron chi connectivity index (χ3n) is 4.66. The smallest absolute Gasteiger partial charge is 0.261 e. The maximum Gasteiger partial charge on any atom is 0.261 e. The number of amides is 3. The van der Waals surface area contributed by atoms with E-state index in [-0.39, 0.29) is 30.3 Å². The monoisotopic (exact) mass is 338 g/mol. The Kier molecular flexibility index (Phi) is 4.83. The van der Waals surface area contributed by atoms with Crippen molar-refractivity contribution in [1.29, 1.82) is 0 Å². The predicted octanol–water partition coefficient (Wildman–Crippen LogP) is 3.13. The van der Waals surface area contributed by atoms with Crippen LogP contribution < -0.4 is 5.32 Å². The number of nitrogens with one attached hydrogen (secondary N) is 1. The highest BCUT2D eigenvalue weighted by Crippen LogP contribution is 2.29. The summed E-state index contributed by atoms with van der Waals surface area (Å²) in [6.45, 7) is 4.21. The van der Waals surface area contributed by atoms with Gasteiger partial charge in [0, 0.05) is 35.5 Å². The van der Waals surface area contributed by atoms with Crippen molar-refractivity contribution in [3.05, 3.63) is 47.5 Å². The van der Waals surface area contributed by atoms with Crippen molar-refractivity contribution in [1.82, 2.24) is 10.2 Å². The number of carbonyl (C=O) groups is 3. The number of hydrogen-bond donors (Lipinski definition) is 1. The molecule has 0 aliphatic carbocycles. The summed E-state index contributed by atoms with van der Waals surface area (Å²) in [6, 6.07) is 11.1. The lowest BCUT2D eigenvalue weighted by atomic mass is 9.94. The molecule has 0 fully saturated rings. The van der Waals surface area contributed by atoms with E-state index < -0.39 is 0 Å². The fraction of sp³-hybridized carbons (Fsp3) is 0.350. The first kappa shape index (κ1) is 17.1. The third-order valence-corrected chi connectivity index (χ3v) is 4.66. The number of hydrogen-bond acceptors (Lipinski definition) is 3. The van der Waals surface area contributed by atoms with Crippen LogP contribution in [0.25, 0.3) is 10.8 Å². The summed E-state index contributed by atoms with van der Waals surface area (Å²) in [5.41, 5.74) is 1.11. The summed E-state index contributed by atoms with van der Waals surface area (Å²) in [6.07, 6.45) is 1.63. The van der Waals surface area contributed by atoms with E-state index in [0.29, 0.717) is 24.0 Å². The van der Waals surface area contributed by atoms with Crippen molar-refractivity contribution in [2.45, 2.75) is 39.2 Å². The second-order valence-electron chi connectivity index (χ2n) is 6.45. The van der Waals surface area contributed by atoms with Gasteiger partial charge in [-0.15, -0.1) is 0 Å². The minimum absolute atomic E-state index is 0.0474. The van der Waals surface area contributed by atoms with E-state index in [1.165, 1.54) is 4.90 Å². The first-order chi connectivity index (χ1) is 12.0. The van der Waals surface area contributed by atoms with Gasteiger partial charge in [-0.25, -0.2) is 0 Å². The molecule has 1 atom stereocenters. The van der Waals surface area contributed by atoms with Crippen LogP contribution in [0.1, 0.15) is 53.8 Å². The highest BCUT2D eigenvalue weighted by Gasteiger charge is 2.32. The van der Waals surface area contributed by atoms with E-state index >= 15 is 0 Å². The van der Waals surface area contributed by atoms with Gasteiger partial charge in [-0.05, 0) is 37.3 Å². The van der Waals surface area contributed by atoms with E-state index in [0.717, 1.165) is 17.2 Å². The Morgan fingerprint density at radius 2 is 1.68 bits per heavy atom. The summed E-state index contributed by atoms with van der Waals surface area (Å²) in [5, 5.41) is 4.51. The van der Waals surface area contributed by atoms with Crippen molar-refractivity contribution < 1.29 is 14.4 Å². The minimum atomic E-state index is -0.281. The summed E-state index contributed by atoms with van der Waals surface area (Å²) >= 11 is 0. The van der Waals surface area contributed by atoms with Crippen molar-refractivity contribution >= 4 is 28.5 Å². The van der Waals surface area contributed by atoms with Crippen LogP contribution in [0.2, 0.25) is 0 Å². The fourth-order valence-electron chi connectivity index (χ4n) is 3.13. The first-order valence-corrected chi connectivity index (χ1v) is 8.70. The standard InChI is InChI=1S/C20H22N2O3/c1-3-13(2)21-17(23)11-6-12-22-19(24)15-9-4-7-14-8-5-10-16(18(14)15)20(22)25/h4-5,7-10,13H,3,6,11-12H2,1-2H3,(H,21,23).